The lowest BCUT2D eigenvalue weighted by Crippen LogP contribution is -2.38. The van der Waals surface area contributed by atoms with Crippen LogP contribution in [-0.2, 0) is 0 Å². The molecule has 0 amide bonds. The molecule has 0 radical (unpaired) electrons. The fraction of sp³-hybridized carbons (Fsp3) is 0.0588. The summed E-state index contributed by atoms with van der Waals surface area (Å²) in [6, 6.07) is 12.3. The number of rotatable bonds is 3. The van der Waals surface area contributed by atoms with Gasteiger partial charge in [0, 0.05) is 5.69 Å². The van der Waals surface area contributed by atoms with Crippen LogP contribution in [0.5, 0.6) is 5.75 Å². The Hall–Kier alpha value is -3.10. The predicted molar refractivity (Wildman–Crippen MR) is 103 cm³/mol. The largest absolute Gasteiger partial charge is 0.497 e. The zero-order chi connectivity index (χ0) is 19.1. The number of anilines is 4. The fourth-order valence-corrected chi connectivity index (χ4v) is 3.09. The molecule has 0 atom stereocenters. The standard InChI is InChI=1S/C17H14Cl2N6O2/c1-26-11-5-2-9(3-6-11)24-14(20)15(21)25(17-16(24)22-27-23-17)10-4-7-12(18)13(19)8-10/h2-8H,20-21H2,1H3. The first kappa shape index (κ1) is 17.3. The molecule has 27 heavy (non-hydrogen) atoms. The molecule has 0 bridgehead atoms. The summed E-state index contributed by atoms with van der Waals surface area (Å²) in [5.74, 6) is 1.97. The van der Waals surface area contributed by atoms with E-state index in [1.54, 1.807) is 47.2 Å². The minimum absolute atomic E-state index is 0.243. The highest BCUT2D eigenvalue weighted by Gasteiger charge is 2.35. The van der Waals surface area contributed by atoms with E-state index in [0.717, 1.165) is 5.69 Å². The van der Waals surface area contributed by atoms with E-state index in [4.69, 9.17) is 44.0 Å². The molecule has 4 rings (SSSR count). The Labute approximate surface area is 164 Å². The lowest BCUT2D eigenvalue weighted by Gasteiger charge is -2.34. The molecule has 2 aromatic carbocycles. The number of hydrogen-bond acceptors (Lipinski definition) is 8. The normalized spacial score (nSPS) is 13.7. The molecule has 10 heteroatoms. The second kappa shape index (κ2) is 6.57. The average Bonchev–Trinajstić information content (AvgIpc) is 3.14. The van der Waals surface area contributed by atoms with Crippen LogP contribution in [-0.4, -0.2) is 17.4 Å². The van der Waals surface area contributed by atoms with Gasteiger partial charge in [0.2, 0.25) is 11.6 Å². The van der Waals surface area contributed by atoms with Gasteiger partial charge in [-0.3, -0.25) is 9.80 Å². The number of benzene rings is 2. The van der Waals surface area contributed by atoms with Gasteiger partial charge in [0.25, 0.3) is 0 Å². The van der Waals surface area contributed by atoms with Crippen molar-refractivity contribution in [3.05, 3.63) is 64.2 Å². The Balaban J connectivity index is 1.84. The van der Waals surface area contributed by atoms with Crippen molar-refractivity contribution >= 4 is 46.2 Å². The topological polar surface area (TPSA) is 107 Å². The first-order valence-corrected chi connectivity index (χ1v) is 8.54. The maximum Gasteiger partial charge on any atom is 0.229 e. The third kappa shape index (κ3) is 2.79. The summed E-state index contributed by atoms with van der Waals surface area (Å²) in [5, 5.41) is 8.78. The molecule has 0 spiro atoms. The predicted octanol–water partition coefficient (Wildman–Crippen LogP) is 3.72. The second-order valence-corrected chi connectivity index (χ2v) is 6.46. The lowest BCUT2D eigenvalue weighted by atomic mass is 10.2. The SMILES string of the molecule is COc1ccc(N2C(N)=C(N)N(c3ccc(Cl)c(Cl)c3)c3nonc32)cc1. The maximum absolute atomic E-state index is 6.33. The molecule has 0 unspecified atom stereocenters. The molecule has 8 nitrogen and oxygen atoms in total. The number of halogens is 2. The molecule has 0 saturated heterocycles. The van der Waals surface area contributed by atoms with Gasteiger partial charge in [-0.25, -0.2) is 4.63 Å². The van der Waals surface area contributed by atoms with Crippen molar-refractivity contribution in [2.24, 2.45) is 11.5 Å². The van der Waals surface area contributed by atoms with Crippen LogP contribution in [0.1, 0.15) is 0 Å². The van der Waals surface area contributed by atoms with E-state index < -0.39 is 0 Å². The van der Waals surface area contributed by atoms with E-state index in [9.17, 15) is 0 Å². The molecule has 1 aliphatic heterocycles. The summed E-state index contributed by atoms with van der Waals surface area (Å²) < 4.78 is 10.2. The summed E-state index contributed by atoms with van der Waals surface area (Å²) in [5.41, 5.74) is 14.0. The van der Waals surface area contributed by atoms with Crippen molar-refractivity contribution in [3.63, 3.8) is 0 Å². The minimum atomic E-state index is 0.243. The molecule has 0 saturated carbocycles. The average molecular weight is 405 g/mol. The zero-order valence-electron chi connectivity index (χ0n) is 14.1. The summed E-state index contributed by atoms with van der Waals surface area (Å²) in [4.78, 5) is 3.25. The fourth-order valence-electron chi connectivity index (χ4n) is 2.80. The molecule has 138 valence electrons. The van der Waals surface area contributed by atoms with Gasteiger partial charge in [0.1, 0.15) is 5.75 Å². The molecule has 0 aliphatic carbocycles. The third-order valence-corrected chi connectivity index (χ3v) is 4.85. The van der Waals surface area contributed by atoms with Gasteiger partial charge in [0.05, 0.1) is 22.8 Å². The van der Waals surface area contributed by atoms with E-state index in [-0.39, 0.29) is 11.6 Å². The number of fused-ring (bicyclic) bond motifs is 1. The highest BCUT2D eigenvalue weighted by molar-refractivity contribution is 6.42. The zero-order valence-corrected chi connectivity index (χ0v) is 15.6. The van der Waals surface area contributed by atoms with Crippen LogP contribution in [0.2, 0.25) is 10.0 Å². The number of aromatic nitrogens is 2. The Kier molecular flexibility index (Phi) is 4.21. The van der Waals surface area contributed by atoms with Crippen LogP contribution in [0.15, 0.2) is 58.7 Å². The summed E-state index contributed by atoms with van der Waals surface area (Å²) in [6.07, 6.45) is 0. The molecular weight excluding hydrogens is 391 g/mol. The number of methoxy groups -OCH3 is 1. The van der Waals surface area contributed by atoms with Crippen molar-refractivity contribution in [2.75, 3.05) is 16.9 Å². The molecule has 0 fully saturated rings. The minimum Gasteiger partial charge on any atom is -0.497 e. The quantitative estimate of drug-likeness (QED) is 0.679. The third-order valence-electron chi connectivity index (χ3n) is 4.11. The monoisotopic (exact) mass is 404 g/mol. The Bertz CT molecular complexity index is 1030. The van der Waals surface area contributed by atoms with E-state index in [1.807, 2.05) is 12.1 Å². The van der Waals surface area contributed by atoms with Crippen LogP contribution >= 0.6 is 23.2 Å². The van der Waals surface area contributed by atoms with Crippen LogP contribution in [0.3, 0.4) is 0 Å². The Morgan fingerprint density at radius 1 is 0.852 bits per heavy atom. The molecule has 1 aromatic heterocycles. The second-order valence-electron chi connectivity index (χ2n) is 5.65. The number of ether oxygens (including phenoxy) is 1. The highest BCUT2D eigenvalue weighted by Crippen LogP contribution is 2.43. The van der Waals surface area contributed by atoms with Gasteiger partial charge in [-0.1, -0.05) is 23.2 Å². The van der Waals surface area contributed by atoms with E-state index >= 15 is 0 Å². The number of nitrogens with zero attached hydrogens (tertiary/aromatic N) is 4. The van der Waals surface area contributed by atoms with Gasteiger partial charge < -0.3 is 16.2 Å². The smallest absolute Gasteiger partial charge is 0.229 e. The molecular formula is C17H14Cl2N6O2. The van der Waals surface area contributed by atoms with E-state index in [1.165, 1.54) is 0 Å². The van der Waals surface area contributed by atoms with Gasteiger partial charge >= 0.3 is 0 Å². The molecule has 4 N–H and O–H groups in total. The maximum atomic E-state index is 6.33. The van der Waals surface area contributed by atoms with Crippen molar-refractivity contribution in [2.45, 2.75) is 0 Å². The molecule has 1 aliphatic rings. The molecule has 3 aromatic rings. The van der Waals surface area contributed by atoms with E-state index in [2.05, 4.69) is 10.3 Å². The number of hydrogen-bond donors (Lipinski definition) is 2. The van der Waals surface area contributed by atoms with Gasteiger partial charge in [-0.15, -0.1) is 0 Å². The van der Waals surface area contributed by atoms with E-state index in [0.29, 0.717) is 33.1 Å². The lowest BCUT2D eigenvalue weighted by molar-refractivity contribution is 0.309. The first-order valence-electron chi connectivity index (χ1n) is 7.78. The summed E-state index contributed by atoms with van der Waals surface area (Å²) >= 11 is 12.2. The van der Waals surface area contributed by atoms with Gasteiger partial charge in [0.15, 0.2) is 11.6 Å². The first-order chi connectivity index (χ1) is 13.0. The van der Waals surface area contributed by atoms with Crippen LogP contribution < -0.4 is 26.0 Å². The summed E-state index contributed by atoms with van der Waals surface area (Å²) in [6.45, 7) is 0. The summed E-state index contributed by atoms with van der Waals surface area (Å²) in [7, 11) is 1.59. The van der Waals surface area contributed by atoms with Crippen LogP contribution in [0.25, 0.3) is 0 Å². The number of nitrogens with two attached hydrogens (primary N) is 2. The van der Waals surface area contributed by atoms with Crippen LogP contribution in [0.4, 0.5) is 23.0 Å². The van der Waals surface area contributed by atoms with Gasteiger partial charge in [-0.2, -0.15) is 0 Å². The van der Waals surface area contributed by atoms with Crippen molar-refractivity contribution in [1.82, 2.24) is 10.3 Å². The van der Waals surface area contributed by atoms with Crippen LogP contribution in [0, 0.1) is 0 Å². The molecule has 2 heterocycles. The Morgan fingerprint density at radius 3 is 1.96 bits per heavy atom. The van der Waals surface area contributed by atoms with Gasteiger partial charge in [-0.05, 0) is 52.8 Å². The van der Waals surface area contributed by atoms with Crippen molar-refractivity contribution in [3.8, 4) is 5.75 Å². The highest BCUT2D eigenvalue weighted by atomic mass is 35.5. The van der Waals surface area contributed by atoms with Crippen molar-refractivity contribution in [1.29, 1.82) is 0 Å². The Morgan fingerprint density at radius 2 is 1.41 bits per heavy atom. The van der Waals surface area contributed by atoms with Crippen molar-refractivity contribution < 1.29 is 9.37 Å².